The Morgan fingerprint density at radius 2 is 1.72 bits per heavy atom. The molecule has 5 rings (SSSR count). The summed E-state index contributed by atoms with van der Waals surface area (Å²) in [6.45, 7) is 4.63. The lowest BCUT2D eigenvalue weighted by molar-refractivity contribution is -0.115. The Bertz CT molecular complexity index is 1770. The molecule has 0 bridgehead atoms. The molecule has 0 spiro atoms. The number of methoxy groups -OCH3 is 2. The Balaban J connectivity index is 1.32. The maximum Gasteiger partial charge on any atom is 0.261 e. The van der Waals surface area contributed by atoms with Crippen LogP contribution in [0.4, 0.5) is 5.82 Å². The largest absolute Gasteiger partial charge is 0.616 e. The van der Waals surface area contributed by atoms with Crippen LogP contribution >= 0.6 is 0 Å². The van der Waals surface area contributed by atoms with Gasteiger partial charge in [0.05, 0.1) is 31.5 Å². The first-order valence-corrected chi connectivity index (χ1v) is 16.7. The van der Waals surface area contributed by atoms with Gasteiger partial charge in [-0.2, -0.15) is 0 Å². The van der Waals surface area contributed by atoms with Gasteiger partial charge in [-0.1, -0.05) is 41.0 Å². The lowest BCUT2D eigenvalue weighted by Crippen LogP contribution is -2.30. The summed E-state index contributed by atoms with van der Waals surface area (Å²) in [5.41, 5.74) is 3.81. The summed E-state index contributed by atoms with van der Waals surface area (Å²) in [6, 6.07) is 16.8. The van der Waals surface area contributed by atoms with Crippen molar-refractivity contribution in [3.05, 3.63) is 96.1 Å². The van der Waals surface area contributed by atoms with Gasteiger partial charge < -0.3 is 29.0 Å². The molecule has 1 aliphatic heterocycles. The highest BCUT2D eigenvalue weighted by Gasteiger charge is 2.23. The summed E-state index contributed by atoms with van der Waals surface area (Å²) in [6.07, 6.45) is 8.84. The summed E-state index contributed by atoms with van der Waals surface area (Å²) in [5, 5.41) is 3.44. The van der Waals surface area contributed by atoms with Crippen LogP contribution in [-0.4, -0.2) is 63.9 Å². The zero-order valence-electron chi connectivity index (χ0n) is 26.9. The van der Waals surface area contributed by atoms with Gasteiger partial charge in [-0.15, -0.1) is 0 Å². The van der Waals surface area contributed by atoms with Crippen molar-refractivity contribution in [1.82, 2.24) is 14.9 Å². The van der Waals surface area contributed by atoms with E-state index in [1.807, 2.05) is 49.2 Å². The van der Waals surface area contributed by atoms with Gasteiger partial charge in [0, 0.05) is 36.6 Å². The standard InChI is InChI=1S/C36H38N4O6S/c1-24-5-7-27(8-6-24)25(2)20-40(21-26-12-15-47(43)16-13-26)22-28(23-41)36(42)39-35-10-9-29(19-38-35)46-32-11-14-37-31-18-34(45-4)33(44-3)17-30(31)32/h5-11,14,17-20,22-23,26H,12-13,15-16,21H2,1-4H3,(H,38,39,42)/b25-20+,28-22+. The highest BCUT2D eigenvalue weighted by molar-refractivity contribution is 7.91. The van der Waals surface area contributed by atoms with Crippen molar-refractivity contribution in [3.63, 3.8) is 0 Å². The fourth-order valence-corrected chi connectivity index (χ4v) is 6.69. The number of aromatic nitrogens is 2. The van der Waals surface area contributed by atoms with Gasteiger partial charge in [0.15, 0.2) is 17.8 Å². The average molecular weight is 655 g/mol. The van der Waals surface area contributed by atoms with Crippen LogP contribution in [-0.2, 0) is 20.8 Å². The van der Waals surface area contributed by atoms with E-state index in [0.717, 1.165) is 34.9 Å². The molecule has 2 aromatic heterocycles. The van der Waals surface area contributed by atoms with E-state index in [-0.39, 0.29) is 17.3 Å². The van der Waals surface area contributed by atoms with Crippen molar-refractivity contribution in [2.24, 2.45) is 5.92 Å². The van der Waals surface area contributed by atoms with Crippen molar-refractivity contribution >= 4 is 45.7 Å². The number of hydrogen-bond acceptors (Lipinski definition) is 9. The maximum absolute atomic E-state index is 13.2. The van der Waals surface area contributed by atoms with Crippen molar-refractivity contribution in [2.45, 2.75) is 26.7 Å². The normalized spacial score (nSPS) is 16.8. The Kier molecular flexibility index (Phi) is 11.1. The van der Waals surface area contributed by atoms with Gasteiger partial charge in [-0.05, 0) is 68.0 Å². The third-order valence-electron chi connectivity index (χ3n) is 7.95. The molecular weight excluding hydrogens is 616 g/mol. The van der Waals surface area contributed by atoms with Crippen LogP contribution in [0.2, 0.25) is 0 Å². The molecule has 1 amide bonds. The number of ether oxygens (including phenoxy) is 3. The van der Waals surface area contributed by atoms with E-state index in [4.69, 9.17) is 14.2 Å². The second kappa shape index (κ2) is 15.6. The molecule has 0 aliphatic carbocycles. The van der Waals surface area contributed by atoms with Crippen molar-refractivity contribution in [2.75, 3.05) is 37.6 Å². The number of carbonyl (C=O) groups is 2. The number of aldehydes is 1. The summed E-state index contributed by atoms with van der Waals surface area (Å²) >= 11 is -0.782. The Morgan fingerprint density at radius 1 is 1.00 bits per heavy atom. The molecule has 4 aromatic rings. The number of fused-ring (bicyclic) bond motifs is 1. The summed E-state index contributed by atoms with van der Waals surface area (Å²) in [4.78, 5) is 36.0. The van der Waals surface area contributed by atoms with E-state index >= 15 is 0 Å². The lowest BCUT2D eigenvalue weighted by atomic mass is 10.0. The van der Waals surface area contributed by atoms with Crippen molar-refractivity contribution < 1.29 is 28.4 Å². The number of rotatable bonds is 12. The SMILES string of the molecule is COc1cc2nccc(Oc3ccc(NC(=O)/C(C=O)=C/N(/C=C(\C)c4ccc(C)cc4)CC4CC[S+]([O-])CC4)nc3)c2cc1OC. The number of allylic oxidation sites excluding steroid dienone is 1. The number of pyridine rings is 2. The predicted octanol–water partition coefficient (Wildman–Crippen LogP) is 6.29. The molecule has 0 saturated carbocycles. The van der Waals surface area contributed by atoms with E-state index in [1.165, 1.54) is 6.20 Å². The summed E-state index contributed by atoms with van der Waals surface area (Å²) < 4.78 is 28.8. The summed E-state index contributed by atoms with van der Waals surface area (Å²) in [5.74, 6) is 3.37. The van der Waals surface area contributed by atoms with Gasteiger partial charge in [0.2, 0.25) is 0 Å². The smallest absolute Gasteiger partial charge is 0.261 e. The highest BCUT2D eigenvalue weighted by Crippen LogP contribution is 2.37. The van der Waals surface area contributed by atoms with Gasteiger partial charge in [0.1, 0.15) is 28.8 Å². The summed E-state index contributed by atoms with van der Waals surface area (Å²) in [7, 11) is 3.12. The monoisotopic (exact) mass is 654 g/mol. The lowest BCUT2D eigenvalue weighted by Gasteiger charge is -2.28. The predicted molar refractivity (Wildman–Crippen MR) is 184 cm³/mol. The third kappa shape index (κ3) is 8.69. The van der Waals surface area contributed by atoms with Gasteiger partial charge >= 0.3 is 0 Å². The van der Waals surface area contributed by atoms with E-state index < -0.39 is 17.1 Å². The van der Waals surface area contributed by atoms with Gasteiger partial charge in [0.25, 0.3) is 5.91 Å². The van der Waals surface area contributed by atoms with Crippen LogP contribution in [0.5, 0.6) is 23.0 Å². The number of nitrogens with one attached hydrogen (secondary N) is 1. The van der Waals surface area contributed by atoms with Gasteiger partial charge in [-0.25, -0.2) is 4.98 Å². The molecule has 3 heterocycles. The molecule has 11 heteroatoms. The minimum atomic E-state index is -0.782. The number of hydrogen-bond donors (Lipinski definition) is 1. The first-order chi connectivity index (χ1) is 22.8. The zero-order valence-corrected chi connectivity index (χ0v) is 27.7. The molecule has 0 unspecified atom stereocenters. The molecular formula is C36H38N4O6S. The van der Waals surface area contributed by atoms with E-state index in [0.29, 0.717) is 52.9 Å². The van der Waals surface area contributed by atoms with Crippen LogP contribution in [0.15, 0.2) is 85.0 Å². The van der Waals surface area contributed by atoms with E-state index in [1.54, 1.807) is 56.9 Å². The van der Waals surface area contributed by atoms with Crippen LogP contribution in [0.25, 0.3) is 16.5 Å². The number of carbonyl (C=O) groups excluding carboxylic acids is 2. The molecule has 1 N–H and O–H groups in total. The van der Waals surface area contributed by atoms with Crippen LogP contribution in [0.1, 0.15) is 30.9 Å². The van der Waals surface area contributed by atoms with E-state index in [9.17, 15) is 14.1 Å². The molecule has 0 radical (unpaired) electrons. The molecule has 47 heavy (non-hydrogen) atoms. The molecule has 2 aromatic carbocycles. The van der Waals surface area contributed by atoms with Crippen LogP contribution < -0.4 is 19.5 Å². The quantitative estimate of drug-likeness (QED) is 0.0617. The molecule has 1 aliphatic rings. The first-order valence-electron chi connectivity index (χ1n) is 15.3. The number of aryl methyl sites for hydroxylation is 1. The molecule has 10 nitrogen and oxygen atoms in total. The Morgan fingerprint density at radius 3 is 2.38 bits per heavy atom. The molecule has 1 fully saturated rings. The van der Waals surface area contributed by atoms with Crippen molar-refractivity contribution in [1.29, 1.82) is 0 Å². The Hall–Kier alpha value is -4.87. The number of anilines is 1. The third-order valence-corrected chi connectivity index (χ3v) is 9.33. The number of amides is 1. The minimum Gasteiger partial charge on any atom is -0.616 e. The van der Waals surface area contributed by atoms with Gasteiger partial charge in [-0.3, -0.25) is 14.6 Å². The highest BCUT2D eigenvalue weighted by atomic mass is 32.2. The Labute approximate surface area is 277 Å². The topological polar surface area (TPSA) is 126 Å². The zero-order chi connectivity index (χ0) is 33.3. The minimum absolute atomic E-state index is 0.0490. The van der Waals surface area contributed by atoms with Crippen molar-refractivity contribution in [3.8, 4) is 23.0 Å². The fourth-order valence-electron chi connectivity index (χ4n) is 5.29. The number of nitrogens with zero attached hydrogens (tertiary/aromatic N) is 3. The van der Waals surface area contributed by atoms with E-state index in [2.05, 4.69) is 15.3 Å². The fraction of sp³-hybridized carbons (Fsp3) is 0.278. The van der Waals surface area contributed by atoms with Crippen LogP contribution in [0.3, 0.4) is 0 Å². The molecule has 1 saturated heterocycles. The molecule has 0 atom stereocenters. The second-order valence-electron chi connectivity index (χ2n) is 11.3. The average Bonchev–Trinajstić information content (AvgIpc) is 3.08. The maximum atomic E-state index is 13.2. The van der Waals surface area contributed by atoms with Crippen LogP contribution in [0, 0.1) is 12.8 Å². The molecule has 244 valence electrons. The number of benzene rings is 2. The second-order valence-corrected chi connectivity index (χ2v) is 13.0. The first kappa shape index (κ1) is 33.5.